The molecule has 0 fully saturated rings. The lowest BCUT2D eigenvalue weighted by molar-refractivity contribution is 0.415. The van der Waals surface area contributed by atoms with Crippen molar-refractivity contribution in [3.8, 4) is 5.75 Å². The maximum Gasteiger partial charge on any atom is 0.184 e. The summed E-state index contributed by atoms with van der Waals surface area (Å²) in [6, 6.07) is 14.2. The fourth-order valence-corrected chi connectivity index (χ4v) is 3.04. The Balaban J connectivity index is 1.75. The third-order valence-electron chi connectivity index (χ3n) is 2.95. The van der Waals surface area contributed by atoms with Crippen molar-refractivity contribution >= 4 is 42.6 Å². The third kappa shape index (κ3) is 2.94. The van der Waals surface area contributed by atoms with Crippen molar-refractivity contribution in [3.05, 3.63) is 52.5 Å². The number of rotatable bonds is 4. The number of aromatic nitrogens is 1. The molecule has 0 atom stereocenters. The molecule has 0 unspecified atom stereocenters. The van der Waals surface area contributed by atoms with Crippen molar-refractivity contribution in [1.29, 1.82) is 0 Å². The number of ether oxygens (including phenoxy) is 1. The summed E-state index contributed by atoms with van der Waals surface area (Å²) in [5, 5.41) is 4.29. The van der Waals surface area contributed by atoms with Crippen LogP contribution in [0.15, 0.2) is 46.9 Å². The van der Waals surface area contributed by atoms with Crippen LogP contribution in [0.5, 0.6) is 5.75 Å². The summed E-state index contributed by atoms with van der Waals surface area (Å²) in [6.45, 7) is 0.768. The Morgan fingerprint density at radius 2 is 2.00 bits per heavy atom. The zero-order valence-corrected chi connectivity index (χ0v) is 13.3. The van der Waals surface area contributed by atoms with Crippen molar-refractivity contribution in [3.63, 3.8) is 0 Å². The molecule has 20 heavy (non-hydrogen) atoms. The molecule has 5 heteroatoms. The summed E-state index contributed by atoms with van der Waals surface area (Å²) in [6.07, 6.45) is 0. The minimum atomic E-state index is 0.768. The van der Waals surface area contributed by atoms with Crippen LogP contribution >= 0.6 is 27.3 Å². The van der Waals surface area contributed by atoms with Gasteiger partial charge in [-0.25, -0.2) is 4.98 Å². The van der Waals surface area contributed by atoms with E-state index >= 15 is 0 Å². The lowest BCUT2D eigenvalue weighted by Gasteiger charge is -2.02. The molecule has 0 radical (unpaired) electrons. The highest BCUT2D eigenvalue weighted by atomic mass is 79.9. The predicted octanol–water partition coefficient (Wildman–Crippen LogP) is 4.68. The quantitative estimate of drug-likeness (QED) is 0.743. The molecule has 3 aromatic rings. The van der Waals surface area contributed by atoms with E-state index in [-0.39, 0.29) is 0 Å². The average molecular weight is 349 g/mol. The van der Waals surface area contributed by atoms with Gasteiger partial charge in [0.1, 0.15) is 5.75 Å². The Labute approximate surface area is 129 Å². The fourth-order valence-electron chi connectivity index (χ4n) is 1.89. The van der Waals surface area contributed by atoms with E-state index in [9.17, 15) is 0 Å². The Hall–Kier alpha value is -1.59. The minimum Gasteiger partial charge on any atom is -0.497 e. The van der Waals surface area contributed by atoms with Crippen LogP contribution in [0.2, 0.25) is 0 Å². The second kappa shape index (κ2) is 5.81. The van der Waals surface area contributed by atoms with Crippen LogP contribution in [0.25, 0.3) is 10.2 Å². The monoisotopic (exact) mass is 348 g/mol. The number of hydrogen-bond donors (Lipinski definition) is 1. The van der Waals surface area contributed by atoms with Crippen LogP contribution in [-0.2, 0) is 6.54 Å². The van der Waals surface area contributed by atoms with Crippen LogP contribution in [0.3, 0.4) is 0 Å². The number of nitrogens with zero attached hydrogens (tertiary/aromatic N) is 1. The van der Waals surface area contributed by atoms with Gasteiger partial charge < -0.3 is 10.1 Å². The molecule has 0 spiro atoms. The number of methoxy groups -OCH3 is 1. The summed E-state index contributed by atoms with van der Waals surface area (Å²) in [4.78, 5) is 4.56. The minimum absolute atomic E-state index is 0.768. The van der Waals surface area contributed by atoms with Gasteiger partial charge in [0.25, 0.3) is 0 Å². The van der Waals surface area contributed by atoms with Crippen LogP contribution in [-0.4, -0.2) is 12.1 Å². The molecule has 3 nitrogen and oxygen atoms in total. The van der Waals surface area contributed by atoms with E-state index in [4.69, 9.17) is 4.74 Å². The molecule has 3 rings (SSSR count). The van der Waals surface area contributed by atoms with Gasteiger partial charge in [0, 0.05) is 11.0 Å². The predicted molar refractivity (Wildman–Crippen MR) is 87.6 cm³/mol. The second-order valence-electron chi connectivity index (χ2n) is 4.33. The van der Waals surface area contributed by atoms with E-state index in [2.05, 4.69) is 38.4 Å². The number of halogens is 1. The highest BCUT2D eigenvalue weighted by Crippen LogP contribution is 2.29. The topological polar surface area (TPSA) is 34.1 Å². The Morgan fingerprint density at radius 3 is 2.75 bits per heavy atom. The summed E-state index contributed by atoms with van der Waals surface area (Å²) in [5.41, 5.74) is 2.22. The van der Waals surface area contributed by atoms with Crippen molar-refractivity contribution in [2.45, 2.75) is 6.54 Å². The lowest BCUT2D eigenvalue weighted by atomic mass is 10.2. The maximum absolute atomic E-state index is 5.23. The van der Waals surface area contributed by atoms with Crippen molar-refractivity contribution in [2.75, 3.05) is 12.4 Å². The molecule has 0 aliphatic rings. The normalized spacial score (nSPS) is 10.7. The van der Waals surface area contributed by atoms with Gasteiger partial charge in [-0.05, 0) is 35.9 Å². The molecule has 102 valence electrons. The van der Waals surface area contributed by atoms with Crippen LogP contribution < -0.4 is 10.1 Å². The molecule has 0 aliphatic carbocycles. The first-order valence-electron chi connectivity index (χ1n) is 6.17. The Kier molecular flexibility index (Phi) is 3.89. The van der Waals surface area contributed by atoms with Gasteiger partial charge in [-0.1, -0.05) is 39.4 Å². The number of anilines is 1. The SMILES string of the molecule is COc1ccc2nc(NCc3ccc(Br)cc3)sc2c1. The molecule has 0 bridgehead atoms. The summed E-state index contributed by atoms with van der Waals surface area (Å²) >= 11 is 5.07. The van der Waals surface area contributed by atoms with E-state index in [1.54, 1.807) is 18.4 Å². The number of hydrogen-bond acceptors (Lipinski definition) is 4. The van der Waals surface area contributed by atoms with E-state index in [1.807, 2.05) is 30.3 Å². The second-order valence-corrected chi connectivity index (χ2v) is 6.28. The molecule has 2 aromatic carbocycles. The van der Waals surface area contributed by atoms with E-state index in [0.29, 0.717) is 0 Å². The molecule has 1 heterocycles. The zero-order chi connectivity index (χ0) is 13.9. The zero-order valence-electron chi connectivity index (χ0n) is 10.9. The van der Waals surface area contributed by atoms with Gasteiger partial charge >= 0.3 is 0 Å². The van der Waals surface area contributed by atoms with E-state index < -0.39 is 0 Å². The third-order valence-corrected chi connectivity index (χ3v) is 4.46. The summed E-state index contributed by atoms with van der Waals surface area (Å²) in [5.74, 6) is 0.862. The Bertz CT molecular complexity index is 724. The average Bonchev–Trinajstić information content (AvgIpc) is 2.88. The molecule has 1 aromatic heterocycles. The van der Waals surface area contributed by atoms with Crippen molar-refractivity contribution in [1.82, 2.24) is 4.98 Å². The molecule has 0 saturated heterocycles. The van der Waals surface area contributed by atoms with Gasteiger partial charge in [-0.2, -0.15) is 0 Å². The smallest absolute Gasteiger partial charge is 0.184 e. The van der Waals surface area contributed by atoms with Gasteiger partial charge in [0.05, 0.1) is 17.3 Å². The van der Waals surface area contributed by atoms with Crippen LogP contribution in [0.4, 0.5) is 5.13 Å². The molecular weight excluding hydrogens is 336 g/mol. The Morgan fingerprint density at radius 1 is 1.20 bits per heavy atom. The van der Waals surface area contributed by atoms with E-state index in [1.165, 1.54) is 5.56 Å². The molecular formula is C15H13BrN2OS. The van der Waals surface area contributed by atoms with Crippen molar-refractivity contribution < 1.29 is 4.74 Å². The van der Waals surface area contributed by atoms with Crippen molar-refractivity contribution in [2.24, 2.45) is 0 Å². The highest BCUT2D eigenvalue weighted by molar-refractivity contribution is 9.10. The standard InChI is InChI=1S/C15H13BrN2OS/c1-19-12-6-7-13-14(8-12)20-15(18-13)17-9-10-2-4-11(16)5-3-10/h2-8H,9H2,1H3,(H,17,18). The number of thiazole rings is 1. The summed E-state index contributed by atoms with van der Waals surface area (Å²) < 4.78 is 7.44. The summed E-state index contributed by atoms with van der Waals surface area (Å²) in [7, 11) is 1.68. The first kappa shape index (κ1) is 13.4. The van der Waals surface area contributed by atoms with Gasteiger partial charge in [-0.15, -0.1) is 0 Å². The molecule has 0 aliphatic heterocycles. The lowest BCUT2D eigenvalue weighted by Crippen LogP contribution is -1.98. The maximum atomic E-state index is 5.23. The number of fused-ring (bicyclic) bond motifs is 1. The molecule has 1 N–H and O–H groups in total. The van der Waals surface area contributed by atoms with Crippen LogP contribution in [0, 0.1) is 0 Å². The van der Waals surface area contributed by atoms with Gasteiger partial charge in [0.2, 0.25) is 0 Å². The number of benzene rings is 2. The van der Waals surface area contributed by atoms with E-state index in [0.717, 1.165) is 32.1 Å². The first-order valence-corrected chi connectivity index (χ1v) is 7.78. The van der Waals surface area contributed by atoms with Gasteiger partial charge in [0.15, 0.2) is 5.13 Å². The van der Waals surface area contributed by atoms with Gasteiger partial charge in [-0.3, -0.25) is 0 Å². The molecule has 0 saturated carbocycles. The highest BCUT2D eigenvalue weighted by Gasteiger charge is 2.04. The number of nitrogens with one attached hydrogen (secondary N) is 1. The largest absolute Gasteiger partial charge is 0.497 e. The molecule has 0 amide bonds. The fraction of sp³-hybridized carbons (Fsp3) is 0.133. The first-order chi connectivity index (χ1) is 9.74. The van der Waals surface area contributed by atoms with Crippen LogP contribution in [0.1, 0.15) is 5.56 Å².